The highest BCUT2D eigenvalue weighted by molar-refractivity contribution is 5.96. The summed E-state index contributed by atoms with van der Waals surface area (Å²) in [6.07, 6.45) is 23.0. The molecule has 8 atom stereocenters. The van der Waals surface area contributed by atoms with Crippen LogP contribution in [0.3, 0.4) is 0 Å². The van der Waals surface area contributed by atoms with Crippen LogP contribution in [-0.4, -0.2) is 24.4 Å². The Morgan fingerprint density at radius 1 is 1.03 bits per heavy atom. The molecule has 0 saturated heterocycles. The lowest BCUT2D eigenvalue weighted by Gasteiger charge is -2.61. The van der Waals surface area contributed by atoms with Gasteiger partial charge in [-0.25, -0.2) is 0 Å². The van der Waals surface area contributed by atoms with Crippen molar-refractivity contribution in [2.24, 2.45) is 46.8 Å². The van der Waals surface area contributed by atoms with Crippen LogP contribution in [0.1, 0.15) is 90.9 Å². The molecule has 172 valence electrons. The van der Waals surface area contributed by atoms with E-state index >= 15 is 0 Å². The first-order valence-electron chi connectivity index (χ1n) is 13.6. The highest BCUT2D eigenvalue weighted by Crippen LogP contribution is 2.63. The monoisotopic (exact) mass is 423 g/mol. The zero-order valence-electron chi connectivity index (χ0n) is 20.3. The van der Waals surface area contributed by atoms with Crippen molar-refractivity contribution >= 4 is 5.91 Å². The molecule has 0 aromatic heterocycles. The van der Waals surface area contributed by atoms with Gasteiger partial charge in [0.05, 0.1) is 0 Å². The number of rotatable bonds is 3. The van der Waals surface area contributed by atoms with Gasteiger partial charge in [0, 0.05) is 19.2 Å². The van der Waals surface area contributed by atoms with Gasteiger partial charge in [0.2, 0.25) is 0 Å². The van der Waals surface area contributed by atoms with Crippen molar-refractivity contribution in [1.82, 2.24) is 4.90 Å². The molecule has 1 amide bonds. The average Bonchev–Trinajstić information content (AvgIpc) is 2.79. The maximum atomic E-state index is 13.1. The Bertz CT molecular complexity index is 737. The molecule has 0 aromatic rings. The summed E-state index contributed by atoms with van der Waals surface area (Å²) in [6, 6.07) is 0. The predicted molar refractivity (Wildman–Crippen MR) is 128 cm³/mol. The summed E-state index contributed by atoms with van der Waals surface area (Å²) in [7, 11) is 2.05. The van der Waals surface area contributed by atoms with E-state index in [2.05, 4.69) is 37.9 Å². The second-order valence-corrected chi connectivity index (χ2v) is 12.4. The van der Waals surface area contributed by atoms with Gasteiger partial charge in [0.15, 0.2) is 0 Å². The summed E-state index contributed by atoms with van der Waals surface area (Å²) < 4.78 is 0. The smallest absolute Gasteiger partial charge is 0.253 e. The number of carbonyl (C=O) groups excluding carboxylic acids is 1. The van der Waals surface area contributed by atoms with E-state index in [4.69, 9.17) is 0 Å². The van der Waals surface area contributed by atoms with Crippen LogP contribution in [-0.2, 0) is 4.79 Å². The van der Waals surface area contributed by atoms with E-state index in [1.54, 1.807) is 0 Å². The molecule has 0 N–H and O–H groups in total. The largest absolute Gasteiger partial charge is 0.341 e. The summed E-state index contributed by atoms with van der Waals surface area (Å²) >= 11 is 0. The molecule has 0 unspecified atom stereocenters. The second kappa shape index (κ2) is 8.71. The van der Waals surface area contributed by atoms with Crippen LogP contribution >= 0.6 is 0 Å². The van der Waals surface area contributed by atoms with Gasteiger partial charge in [-0.15, -0.1) is 0 Å². The predicted octanol–water partition coefficient (Wildman–Crippen LogP) is 7.02. The zero-order valence-corrected chi connectivity index (χ0v) is 20.3. The Hall–Kier alpha value is -1.05. The van der Waals surface area contributed by atoms with Crippen molar-refractivity contribution < 1.29 is 4.79 Å². The Balaban J connectivity index is 1.29. The number of hydrogen-bond acceptors (Lipinski definition) is 1. The fraction of sp³-hybridized carbons (Fsp3) is 0.828. The molecule has 31 heavy (non-hydrogen) atoms. The minimum Gasteiger partial charge on any atom is -0.341 e. The lowest BCUT2D eigenvalue weighted by Crippen LogP contribution is -2.54. The van der Waals surface area contributed by atoms with E-state index in [1.165, 1.54) is 64.2 Å². The number of likely N-dealkylation sites (N-methyl/N-ethyl adjacent to an activating group) is 1. The van der Waals surface area contributed by atoms with E-state index in [0.717, 1.165) is 60.5 Å². The molecule has 0 aliphatic heterocycles. The molecule has 4 fully saturated rings. The fourth-order valence-corrected chi connectivity index (χ4v) is 9.11. The van der Waals surface area contributed by atoms with E-state index in [-0.39, 0.29) is 5.91 Å². The second-order valence-electron chi connectivity index (χ2n) is 12.4. The topological polar surface area (TPSA) is 20.3 Å². The van der Waals surface area contributed by atoms with Crippen molar-refractivity contribution in [3.05, 3.63) is 23.8 Å². The van der Waals surface area contributed by atoms with Crippen molar-refractivity contribution in [3.8, 4) is 0 Å². The molecule has 5 aliphatic carbocycles. The van der Waals surface area contributed by atoms with Crippen molar-refractivity contribution in [2.45, 2.75) is 90.9 Å². The van der Waals surface area contributed by atoms with E-state index < -0.39 is 0 Å². The Morgan fingerprint density at radius 3 is 2.68 bits per heavy atom. The number of nitrogens with zero attached hydrogens (tertiary/aromatic N) is 1. The SMILES string of the molecule is C[C@H]1CC[C@H]2[C@H](CC[C@@H]3[C@@H]2CC[C@]2(C)[C@@H](CN(C)C(=O)C4=CCCC=C4)CCC[C@@H]32)C1. The molecule has 0 radical (unpaired) electrons. The first-order chi connectivity index (χ1) is 15.0. The van der Waals surface area contributed by atoms with Gasteiger partial charge < -0.3 is 4.90 Å². The molecular formula is C29H45NO. The van der Waals surface area contributed by atoms with Crippen LogP contribution in [0.4, 0.5) is 0 Å². The third-order valence-corrected chi connectivity index (χ3v) is 10.7. The van der Waals surface area contributed by atoms with Gasteiger partial charge >= 0.3 is 0 Å². The van der Waals surface area contributed by atoms with Crippen molar-refractivity contribution in [3.63, 3.8) is 0 Å². The van der Waals surface area contributed by atoms with Crippen molar-refractivity contribution in [1.29, 1.82) is 0 Å². The summed E-state index contributed by atoms with van der Waals surface area (Å²) in [6.45, 7) is 6.08. The van der Waals surface area contributed by atoms with Gasteiger partial charge in [-0.2, -0.15) is 0 Å². The summed E-state index contributed by atoms with van der Waals surface area (Å²) in [5.74, 6) is 6.85. The minimum absolute atomic E-state index is 0.243. The average molecular weight is 424 g/mol. The van der Waals surface area contributed by atoms with E-state index in [9.17, 15) is 4.79 Å². The molecule has 0 heterocycles. The van der Waals surface area contributed by atoms with Gasteiger partial charge in [-0.3, -0.25) is 4.79 Å². The zero-order chi connectivity index (χ0) is 21.6. The van der Waals surface area contributed by atoms with Gasteiger partial charge in [-0.05, 0) is 111 Å². The molecule has 0 aromatic carbocycles. The fourth-order valence-electron chi connectivity index (χ4n) is 9.11. The van der Waals surface area contributed by atoms with E-state index in [1.807, 2.05) is 6.08 Å². The standard InChI is InChI=1S/C29H45NO/c1-20-12-14-24-22(18-20)13-15-26-25(24)16-17-29(2)23(10-7-11-27(26)29)19-30(3)28(31)21-8-5-4-6-9-21/h5,8-9,20,22-27H,4,6-7,10-19H2,1-3H3/t20-,22+,23+,24-,25+,26+,27-,29+/m0/s1. The van der Waals surface area contributed by atoms with Crippen LogP contribution in [0.25, 0.3) is 0 Å². The highest BCUT2D eigenvalue weighted by atomic mass is 16.2. The molecule has 5 rings (SSSR count). The first-order valence-corrected chi connectivity index (χ1v) is 13.6. The van der Waals surface area contributed by atoms with Crippen LogP contribution < -0.4 is 0 Å². The summed E-state index contributed by atoms with van der Waals surface area (Å²) in [5.41, 5.74) is 1.36. The Labute approximate surface area is 190 Å². The lowest BCUT2D eigenvalue weighted by molar-refractivity contribution is -0.132. The number of carbonyl (C=O) groups is 1. The Kier molecular flexibility index (Phi) is 6.12. The molecule has 2 heteroatoms. The van der Waals surface area contributed by atoms with Crippen LogP contribution in [0, 0.1) is 46.8 Å². The maximum absolute atomic E-state index is 13.1. The third-order valence-electron chi connectivity index (χ3n) is 10.7. The lowest BCUT2D eigenvalue weighted by atomic mass is 9.45. The third kappa shape index (κ3) is 3.95. The minimum atomic E-state index is 0.243. The molecular weight excluding hydrogens is 378 g/mol. The van der Waals surface area contributed by atoms with Gasteiger partial charge in [-0.1, -0.05) is 44.9 Å². The van der Waals surface area contributed by atoms with Crippen LogP contribution in [0.15, 0.2) is 23.8 Å². The molecule has 2 nitrogen and oxygen atoms in total. The molecule has 0 bridgehead atoms. The molecule has 4 saturated carbocycles. The quantitative estimate of drug-likeness (QED) is 0.478. The van der Waals surface area contributed by atoms with Crippen LogP contribution in [0.2, 0.25) is 0 Å². The molecule has 5 aliphatic rings. The van der Waals surface area contributed by atoms with E-state index in [0.29, 0.717) is 11.3 Å². The summed E-state index contributed by atoms with van der Waals surface area (Å²) in [5, 5.41) is 0. The number of hydrogen-bond donors (Lipinski definition) is 0. The van der Waals surface area contributed by atoms with Crippen molar-refractivity contribution in [2.75, 3.05) is 13.6 Å². The first kappa shape index (κ1) is 21.8. The Morgan fingerprint density at radius 2 is 1.87 bits per heavy atom. The molecule has 0 spiro atoms. The number of fused-ring (bicyclic) bond motifs is 5. The van der Waals surface area contributed by atoms with Crippen LogP contribution in [0.5, 0.6) is 0 Å². The summed E-state index contributed by atoms with van der Waals surface area (Å²) in [4.78, 5) is 15.1. The van der Waals surface area contributed by atoms with Gasteiger partial charge in [0.1, 0.15) is 0 Å². The number of amides is 1. The normalized spacial score (nSPS) is 44.5. The highest BCUT2D eigenvalue weighted by Gasteiger charge is 2.55. The number of allylic oxidation sites excluding steroid dienone is 2. The maximum Gasteiger partial charge on any atom is 0.253 e. The van der Waals surface area contributed by atoms with Gasteiger partial charge in [0.25, 0.3) is 5.91 Å².